The Morgan fingerprint density at radius 3 is 2.56 bits per heavy atom. The molecule has 1 aromatic heterocycles. The molecule has 1 unspecified atom stereocenters. The molecule has 0 aliphatic heterocycles. The second-order valence-electron chi connectivity index (χ2n) is 4.36. The first-order valence-corrected chi connectivity index (χ1v) is 5.49. The Bertz CT molecular complexity index is 298. The fourth-order valence-electron chi connectivity index (χ4n) is 1.52. The molecule has 4 nitrogen and oxygen atoms in total. The molecule has 0 saturated heterocycles. The molecular formula is C11H23ClN4. The molecular weight excluding hydrogens is 224 g/mol. The number of hydrogen-bond acceptors (Lipinski definition) is 3. The lowest BCUT2D eigenvalue weighted by Gasteiger charge is -2.24. The van der Waals surface area contributed by atoms with E-state index in [1.165, 1.54) is 5.69 Å². The predicted molar refractivity (Wildman–Crippen MR) is 69.8 cm³/mol. The zero-order valence-electron chi connectivity index (χ0n) is 10.6. The van der Waals surface area contributed by atoms with Gasteiger partial charge in [0.2, 0.25) is 0 Å². The normalized spacial score (nSPS) is 12.9. The van der Waals surface area contributed by atoms with Gasteiger partial charge in [-0.1, -0.05) is 0 Å². The summed E-state index contributed by atoms with van der Waals surface area (Å²) in [4.78, 5) is 2.25. The van der Waals surface area contributed by atoms with E-state index in [0.717, 1.165) is 6.54 Å². The van der Waals surface area contributed by atoms with Gasteiger partial charge in [0.15, 0.2) is 0 Å². The third-order valence-electron chi connectivity index (χ3n) is 2.75. The second kappa shape index (κ2) is 6.89. The van der Waals surface area contributed by atoms with E-state index in [1.807, 2.05) is 6.20 Å². The van der Waals surface area contributed by atoms with E-state index in [-0.39, 0.29) is 12.4 Å². The van der Waals surface area contributed by atoms with Crippen molar-refractivity contribution in [1.29, 1.82) is 0 Å². The maximum absolute atomic E-state index is 5.64. The van der Waals surface area contributed by atoms with Crippen LogP contribution in [0.3, 0.4) is 0 Å². The van der Waals surface area contributed by atoms with Gasteiger partial charge in [-0.2, -0.15) is 5.10 Å². The molecule has 0 aliphatic rings. The Morgan fingerprint density at radius 2 is 2.06 bits per heavy atom. The highest BCUT2D eigenvalue weighted by molar-refractivity contribution is 5.85. The highest BCUT2D eigenvalue weighted by atomic mass is 35.5. The molecule has 1 heterocycles. The van der Waals surface area contributed by atoms with Gasteiger partial charge in [0.05, 0.1) is 5.69 Å². The number of nitrogens with zero attached hydrogens (tertiary/aromatic N) is 3. The van der Waals surface area contributed by atoms with Gasteiger partial charge in [-0.15, -0.1) is 12.4 Å². The van der Waals surface area contributed by atoms with E-state index >= 15 is 0 Å². The summed E-state index contributed by atoms with van der Waals surface area (Å²) in [5.41, 5.74) is 6.88. The molecule has 0 amide bonds. The number of hydrogen-bond donors (Lipinski definition) is 1. The Kier molecular flexibility index (Phi) is 6.64. The number of likely N-dealkylation sites (N-methyl/N-ethyl adjacent to an activating group) is 1. The van der Waals surface area contributed by atoms with Gasteiger partial charge in [0.25, 0.3) is 0 Å². The Labute approximate surface area is 104 Å². The van der Waals surface area contributed by atoms with Crippen LogP contribution < -0.4 is 5.73 Å². The molecule has 94 valence electrons. The van der Waals surface area contributed by atoms with E-state index in [1.54, 1.807) is 0 Å². The first-order valence-electron chi connectivity index (χ1n) is 5.49. The summed E-state index contributed by atoms with van der Waals surface area (Å²) in [5.74, 6) is 0. The van der Waals surface area contributed by atoms with Gasteiger partial charge in [0, 0.05) is 31.4 Å². The van der Waals surface area contributed by atoms with Crippen molar-refractivity contribution in [1.82, 2.24) is 14.7 Å². The van der Waals surface area contributed by atoms with Gasteiger partial charge in [-0.25, -0.2) is 0 Å². The van der Waals surface area contributed by atoms with Crippen LogP contribution in [0.15, 0.2) is 12.3 Å². The van der Waals surface area contributed by atoms with Gasteiger partial charge in [0.1, 0.15) is 0 Å². The molecule has 1 aromatic rings. The fraction of sp³-hybridized carbons (Fsp3) is 0.727. The topological polar surface area (TPSA) is 47.1 Å². The molecule has 0 saturated carbocycles. The van der Waals surface area contributed by atoms with Crippen LogP contribution in [-0.2, 0) is 6.54 Å². The molecule has 5 heteroatoms. The van der Waals surface area contributed by atoms with E-state index in [9.17, 15) is 0 Å². The van der Waals surface area contributed by atoms with E-state index in [0.29, 0.717) is 18.6 Å². The summed E-state index contributed by atoms with van der Waals surface area (Å²) in [6.07, 6.45) is 1.86. The van der Waals surface area contributed by atoms with Crippen LogP contribution in [0.1, 0.15) is 32.5 Å². The van der Waals surface area contributed by atoms with Crippen molar-refractivity contribution < 1.29 is 0 Å². The molecule has 0 radical (unpaired) electrons. The number of rotatable bonds is 5. The standard InChI is InChI=1S/C11H22N4.ClH/c1-9(2)15-11(5-6-13-15)8-14(4)10(3)7-12;/h5-6,9-10H,7-8,12H2,1-4H3;1H. The van der Waals surface area contributed by atoms with Gasteiger partial charge >= 0.3 is 0 Å². The largest absolute Gasteiger partial charge is 0.329 e. The van der Waals surface area contributed by atoms with Gasteiger partial charge in [-0.3, -0.25) is 9.58 Å². The third kappa shape index (κ3) is 3.77. The molecule has 0 bridgehead atoms. The van der Waals surface area contributed by atoms with Crippen molar-refractivity contribution in [3.8, 4) is 0 Å². The summed E-state index contributed by atoms with van der Waals surface area (Å²) in [6.45, 7) is 8.00. The van der Waals surface area contributed by atoms with Crippen LogP contribution in [0.2, 0.25) is 0 Å². The van der Waals surface area contributed by atoms with Gasteiger partial charge < -0.3 is 5.73 Å². The van der Waals surface area contributed by atoms with Crippen molar-refractivity contribution >= 4 is 12.4 Å². The molecule has 0 aromatic carbocycles. The average Bonchev–Trinajstić information content (AvgIpc) is 2.64. The lowest BCUT2D eigenvalue weighted by Crippen LogP contribution is -2.35. The fourth-order valence-corrected chi connectivity index (χ4v) is 1.52. The summed E-state index contributed by atoms with van der Waals surface area (Å²) in [5, 5.41) is 4.31. The second-order valence-corrected chi connectivity index (χ2v) is 4.36. The van der Waals surface area contributed by atoms with Crippen LogP contribution >= 0.6 is 12.4 Å². The van der Waals surface area contributed by atoms with Crippen molar-refractivity contribution in [3.63, 3.8) is 0 Å². The van der Waals surface area contributed by atoms with E-state index in [4.69, 9.17) is 5.73 Å². The summed E-state index contributed by atoms with van der Waals surface area (Å²) in [6, 6.07) is 2.89. The molecule has 0 spiro atoms. The summed E-state index contributed by atoms with van der Waals surface area (Å²) in [7, 11) is 2.09. The average molecular weight is 247 g/mol. The zero-order chi connectivity index (χ0) is 11.4. The quantitative estimate of drug-likeness (QED) is 0.860. The molecule has 0 fully saturated rings. The molecule has 1 rings (SSSR count). The monoisotopic (exact) mass is 246 g/mol. The summed E-state index contributed by atoms with van der Waals surface area (Å²) >= 11 is 0. The number of aromatic nitrogens is 2. The van der Waals surface area contributed by atoms with Crippen molar-refractivity contribution in [2.45, 2.75) is 39.4 Å². The minimum absolute atomic E-state index is 0. The maximum atomic E-state index is 5.64. The lowest BCUT2D eigenvalue weighted by molar-refractivity contribution is 0.245. The minimum Gasteiger partial charge on any atom is -0.329 e. The lowest BCUT2D eigenvalue weighted by atomic mass is 10.2. The first kappa shape index (κ1) is 15.4. The van der Waals surface area contributed by atoms with E-state index < -0.39 is 0 Å². The van der Waals surface area contributed by atoms with Crippen LogP contribution in [0, 0.1) is 0 Å². The third-order valence-corrected chi connectivity index (χ3v) is 2.75. The number of nitrogens with two attached hydrogens (primary N) is 1. The van der Waals surface area contributed by atoms with E-state index in [2.05, 4.69) is 48.6 Å². The van der Waals surface area contributed by atoms with Crippen LogP contribution in [0.25, 0.3) is 0 Å². The Morgan fingerprint density at radius 1 is 1.44 bits per heavy atom. The zero-order valence-corrected chi connectivity index (χ0v) is 11.4. The summed E-state index contributed by atoms with van der Waals surface area (Å²) < 4.78 is 2.06. The van der Waals surface area contributed by atoms with Crippen LogP contribution in [0.5, 0.6) is 0 Å². The highest BCUT2D eigenvalue weighted by Crippen LogP contribution is 2.10. The van der Waals surface area contributed by atoms with Crippen molar-refractivity contribution in [2.24, 2.45) is 5.73 Å². The Balaban J connectivity index is 0.00000225. The first-order chi connectivity index (χ1) is 7.06. The minimum atomic E-state index is 0. The van der Waals surface area contributed by atoms with Crippen LogP contribution in [-0.4, -0.2) is 34.3 Å². The van der Waals surface area contributed by atoms with Crippen molar-refractivity contribution in [2.75, 3.05) is 13.6 Å². The highest BCUT2D eigenvalue weighted by Gasteiger charge is 2.11. The predicted octanol–water partition coefficient (Wildman–Crippen LogP) is 1.66. The Hall–Kier alpha value is -0.580. The molecule has 0 aliphatic carbocycles. The smallest absolute Gasteiger partial charge is 0.0527 e. The van der Waals surface area contributed by atoms with Crippen LogP contribution in [0.4, 0.5) is 0 Å². The van der Waals surface area contributed by atoms with Crippen molar-refractivity contribution in [3.05, 3.63) is 18.0 Å². The maximum Gasteiger partial charge on any atom is 0.0527 e. The SMILES string of the molecule is CC(CN)N(C)Cc1ccnn1C(C)C.Cl. The van der Waals surface area contributed by atoms with Gasteiger partial charge in [-0.05, 0) is 33.9 Å². The molecule has 2 N–H and O–H groups in total. The number of halogens is 1. The molecule has 1 atom stereocenters. The molecule has 16 heavy (non-hydrogen) atoms.